The van der Waals surface area contributed by atoms with E-state index in [4.69, 9.17) is 4.74 Å². The lowest BCUT2D eigenvalue weighted by atomic mass is 9.87. The van der Waals surface area contributed by atoms with Gasteiger partial charge in [-0.1, -0.05) is 32.9 Å². The zero-order chi connectivity index (χ0) is 21.6. The van der Waals surface area contributed by atoms with Crippen molar-refractivity contribution < 1.29 is 19.5 Å². The number of rotatable bonds is 7. The van der Waals surface area contributed by atoms with Crippen molar-refractivity contribution in [3.05, 3.63) is 54.1 Å². The van der Waals surface area contributed by atoms with Gasteiger partial charge in [-0.2, -0.15) is 0 Å². The number of nitrogens with one attached hydrogen (secondary N) is 2. The molecule has 1 amide bonds. The Kier molecular flexibility index (Phi) is 7.21. The highest BCUT2D eigenvalue weighted by Crippen LogP contribution is 2.24. The summed E-state index contributed by atoms with van der Waals surface area (Å²) in [6.07, 6.45) is 0. The minimum atomic E-state index is 0.0646. The molecular weight excluding hydrogens is 378 g/mol. The fourth-order valence-electron chi connectivity index (χ4n) is 3.62. The van der Waals surface area contributed by atoms with Gasteiger partial charge >= 0.3 is 0 Å². The predicted octanol–water partition coefficient (Wildman–Crippen LogP) is 1.59. The standard InChI is InChI=1S/C24H33N3O3/c1-24(2,3)19-4-10-22(11-5-19)30-17-12-25-23(29)18-26-13-15-27(16-14-26)20-6-8-21(28)9-7-20/h4-11,28H,12-18H2,1-3H3,(H,25,29)/p+1. The number of quaternary nitrogens is 1. The molecule has 1 fully saturated rings. The zero-order valence-electron chi connectivity index (χ0n) is 18.3. The topological polar surface area (TPSA) is 66.2 Å². The Morgan fingerprint density at radius 1 is 1.07 bits per heavy atom. The molecule has 1 heterocycles. The zero-order valence-corrected chi connectivity index (χ0v) is 18.3. The van der Waals surface area contributed by atoms with Crippen molar-refractivity contribution in [3.8, 4) is 11.5 Å². The van der Waals surface area contributed by atoms with E-state index in [0.717, 1.165) is 37.6 Å². The third-order valence-corrected chi connectivity index (χ3v) is 5.51. The summed E-state index contributed by atoms with van der Waals surface area (Å²) in [5.41, 5.74) is 2.52. The van der Waals surface area contributed by atoms with E-state index < -0.39 is 0 Å². The highest BCUT2D eigenvalue weighted by Gasteiger charge is 2.22. The van der Waals surface area contributed by atoms with Crippen molar-refractivity contribution in [2.45, 2.75) is 26.2 Å². The maximum Gasteiger partial charge on any atom is 0.275 e. The second-order valence-corrected chi connectivity index (χ2v) is 8.90. The van der Waals surface area contributed by atoms with Gasteiger partial charge < -0.3 is 25.0 Å². The molecular formula is C24H34N3O3+. The van der Waals surface area contributed by atoms with Gasteiger partial charge in [-0.05, 0) is 47.4 Å². The summed E-state index contributed by atoms with van der Waals surface area (Å²) in [4.78, 5) is 15.8. The number of anilines is 1. The van der Waals surface area contributed by atoms with Crippen LogP contribution in [0, 0.1) is 0 Å². The molecule has 1 aliphatic rings. The molecule has 1 aliphatic heterocycles. The maximum atomic E-state index is 12.2. The van der Waals surface area contributed by atoms with E-state index in [-0.39, 0.29) is 17.1 Å². The Balaban J connectivity index is 1.32. The lowest BCUT2D eigenvalue weighted by Crippen LogP contribution is -3.16. The van der Waals surface area contributed by atoms with Crippen molar-refractivity contribution in [1.82, 2.24) is 5.32 Å². The molecule has 30 heavy (non-hydrogen) atoms. The highest BCUT2D eigenvalue weighted by atomic mass is 16.5. The fourth-order valence-corrected chi connectivity index (χ4v) is 3.62. The molecule has 2 aromatic rings. The molecule has 0 saturated carbocycles. The largest absolute Gasteiger partial charge is 0.508 e. The number of aromatic hydroxyl groups is 1. The van der Waals surface area contributed by atoms with Gasteiger partial charge in [0.15, 0.2) is 6.54 Å². The molecule has 0 bridgehead atoms. The van der Waals surface area contributed by atoms with E-state index in [1.807, 2.05) is 24.3 Å². The average molecular weight is 413 g/mol. The Bertz CT molecular complexity index is 805. The van der Waals surface area contributed by atoms with Crippen LogP contribution in [-0.2, 0) is 10.2 Å². The van der Waals surface area contributed by atoms with E-state index in [2.05, 4.69) is 43.1 Å². The Labute approximate surface area is 179 Å². The van der Waals surface area contributed by atoms with E-state index in [0.29, 0.717) is 19.7 Å². The van der Waals surface area contributed by atoms with Crippen molar-refractivity contribution in [2.75, 3.05) is 50.8 Å². The SMILES string of the molecule is CC(C)(C)c1ccc(OCCNC(=O)C[NH+]2CCN(c3ccc(O)cc3)CC2)cc1. The van der Waals surface area contributed by atoms with Gasteiger partial charge in [0.25, 0.3) is 5.91 Å². The molecule has 162 valence electrons. The Hall–Kier alpha value is -2.73. The van der Waals surface area contributed by atoms with Crippen LogP contribution in [0.5, 0.6) is 11.5 Å². The van der Waals surface area contributed by atoms with Gasteiger partial charge in [0.05, 0.1) is 32.7 Å². The van der Waals surface area contributed by atoms with E-state index in [1.54, 1.807) is 12.1 Å². The number of phenolic OH excluding ortho intramolecular Hbond substituents is 1. The molecule has 0 aromatic heterocycles. The Morgan fingerprint density at radius 2 is 1.70 bits per heavy atom. The van der Waals surface area contributed by atoms with Gasteiger partial charge in [-0.3, -0.25) is 4.79 Å². The molecule has 3 rings (SSSR count). The number of hydrogen-bond donors (Lipinski definition) is 3. The first kappa shape index (κ1) is 22.0. The summed E-state index contributed by atoms with van der Waals surface area (Å²) < 4.78 is 5.74. The lowest BCUT2D eigenvalue weighted by Gasteiger charge is -2.33. The molecule has 0 spiro atoms. The molecule has 2 aromatic carbocycles. The van der Waals surface area contributed by atoms with E-state index in [9.17, 15) is 9.90 Å². The fraction of sp³-hybridized carbons (Fsp3) is 0.458. The van der Waals surface area contributed by atoms with Crippen molar-refractivity contribution in [1.29, 1.82) is 0 Å². The number of ether oxygens (including phenoxy) is 1. The summed E-state index contributed by atoms with van der Waals surface area (Å²) >= 11 is 0. The van der Waals surface area contributed by atoms with Crippen LogP contribution in [0.1, 0.15) is 26.3 Å². The summed E-state index contributed by atoms with van der Waals surface area (Å²) in [6, 6.07) is 15.4. The van der Waals surface area contributed by atoms with Crippen LogP contribution in [0.15, 0.2) is 48.5 Å². The van der Waals surface area contributed by atoms with Gasteiger partial charge in [-0.15, -0.1) is 0 Å². The average Bonchev–Trinajstić information content (AvgIpc) is 2.72. The van der Waals surface area contributed by atoms with Crippen molar-refractivity contribution in [3.63, 3.8) is 0 Å². The van der Waals surface area contributed by atoms with Crippen molar-refractivity contribution in [2.24, 2.45) is 0 Å². The first-order valence-electron chi connectivity index (χ1n) is 10.7. The summed E-state index contributed by atoms with van der Waals surface area (Å²) in [6.45, 7) is 11.7. The Morgan fingerprint density at radius 3 is 2.30 bits per heavy atom. The maximum absolute atomic E-state index is 12.2. The molecule has 3 N–H and O–H groups in total. The number of hydrogen-bond acceptors (Lipinski definition) is 4. The third-order valence-electron chi connectivity index (χ3n) is 5.51. The van der Waals surface area contributed by atoms with E-state index >= 15 is 0 Å². The monoisotopic (exact) mass is 412 g/mol. The molecule has 6 heteroatoms. The minimum Gasteiger partial charge on any atom is -0.508 e. The molecule has 0 atom stereocenters. The summed E-state index contributed by atoms with van der Waals surface area (Å²) in [5, 5.41) is 12.4. The number of carbonyl (C=O) groups excluding carboxylic acids is 1. The normalized spacial score (nSPS) is 15.1. The third kappa shape index (κ3) is 6.39. The van der Waals surface area contributed by atoms with Crippen LogP contribution in [-0.4, -0.2) is 56.9 Å². The summed E-state index contributed by atoms with van der Waals surface area (Å²) in [5.74, 6) is 1.17. The lowest BCUT2D eigenvalue weighted by molar-refractivity contribution is -0.892. The van der Waals surface area contributed by atoms with Crippen LogP contribution in [0.4, 0.5) is 5.69 Å². The van der Waals surface area contributed by atoms with Gasteiger partial charge in [0.2, 0.25) is 0 Å². The van der Waals surface area contributed by atoms with Gasteiger partial charge in [0, 0.05) is 5.69 Å². The smallest absolute Gasteiger partial charge is 0.275 e. The van der Waals surface area contributed by atoms with E-state index in [1.165, 1.54) is 10.5 Å². The molecule has 6 nitrogen and oxygen atoms in total. The number of benzene rings is 2. The van der Waals surface area contributed by atoms with Crippen LogP contribution in [0.3, 0.4) is 0 Å². The number of nitrogens with zero attached hydrogens (tertiary/aromatic N) is 1. The molecule has 0 unspecified atom stereocenters. The first-order valence-corrected chi connectivity index (χ1v) is 10.7. The van der Waals surface area contributed by atoms with Crippen LogP contribution in [0.2, 0.25) is 0 Å². The van der Waals surface area contributed by atoms with Crippen LogP contribution in [0.25, 0.3) is 0 Å². The number of phenols is 1. The van der Waals surface area contributed by atoms with Gasteiger partial charge in [0.1, 0.15) is 18.1 Å². The molecule has 0 aliphatic carbocycles. The number of carbonyl (C=O) groups is 1. The molecule has 0 radical (unpaired) electrons. The number of piperazine rings is 1. The quantitative estimate of drug-likeness (QED) is 0.605. The second-order valence-electron chi connectivity index (χ2n) is 8.90. The first-order chi connectivity index (χ1) is 14.3. The van der Waals surface area contributed by atoms with Gasteiger partial charge in [-0.25, -0.2) is 0 Å². The number of amides is 1. The highest BCUT2D eigenvalue weighted by molar-refractivity contribution is 5.76. The molecule has 1 saturated heterocycles. The minimum absolute atomic E-state index is 0.0646. The van der Waals surface area contributed by atoms with Crippen LogP contribution < -0.4 is 19.9 Å². The van der Waals surface area contributed by atoms with Crippen LogP contribution >= 0.6 is 0 Å². The van der Waals surface area contributed by atoms with Crippen molar-refractivity contribution >= 4 is 11.6 Å². The summed E-state index contributed by atoms with van der Waals surface area (Å²) in [7, 11) is 0. The predicted molar refractivity (Wildman–Crippen MR) is 120 cm³/mol. The second kappa shape index (κ2) is 9.85.